The smallest absolute Gasteiger partial charge is 0.237 e. The number of carbonyl (C=O) groups is 1. The quantitative estimate of drug-likeness (QED) is 0.850. The maximum Gasteiger partial charge on any atom is 0.237 e. The van der Waals surface area contributed by atoms with Crippen molar-refractivity contribution in [3.63, 3.8) is 0 Å². The Hall–Kier alpha value is -2.38. The number of ether oxygens (including phenoxy) is 1. The highest BCUT2D eigenvalue weighted by Crippen LogP contribution is 2.35. The van der Waals surface area contributed by atoms with Gasteiger partial charge >= 0.3 is 0 Å². The third kappa shape index (κ3) is 2.97. The number of carbonyl (C=O) groups excluding carboxylic acids is 1. The summed E-state index contributed by atoms with van der Waals surface area (Å²) in [4.78, 5) is 22.6. The minimum absolute atomic E-state index is 0.00139. The van der Waals surface area contributed by atoms with E-state index in [2.05, 4.69) is 20.2 Å². The predicted molar refractivity (Wildman–Crippen MR) is 96.1 cm³/mol. The fourth-order valence-corrected chi connectivity index (χ4v) is 3.88. The molecule has 2 aromatic rings. The molecule has 2 aliphatic heterocycles. The van der Waals surface area contributed by atoms with Gasteiger partial charge in [0.2, 0.25) is 11.8 Å². The van der Waals surface area contributed by atoms with Crippen molar-refractivity contribution in [3.05, 3.63) is 35.1 Å². The number of aromatic hydroxyl groups is 1. The van der Waals surface area contributed by atoms with Crippen LogP contribution in [0.3, 0.4) is 0 Å². The number of amides is 1. The van der Waals surface area contributed by atoms with Gasteiger partial charge in [0.15, 0.2) is 0 Å². The van der Waals surface area contributed by atoms with Gasteiger partial charge in [-0.25, -0.2) is 4.98 Å². The number of hydrogen-bond donors (Lipinski definition) is 2. The first-order valence-corrected chi connectivity index (χ1v) is 8.79. The largest absolute Gasteiger partial charge is 0.506 e. The number of aromatic nitrogens is 2. The highest BCUT2D eigenvalue weighted by molar-refractivity contribution is 6.34. The molecule has 0 radical (unpaired) electrons. The number of nitrogens with one attached hydrogen (secondary N) is 1. The SMILES string of the molecule is COc1nc(-c2cccc(O)c2Cl)cnc1CN1CC2(CCC(=O)N2)C1. The highest BCUT2D eigenvalue weighted by atomic mass is 35.5. The van der Waals surface area contributed by atoms with E-state index < -0.39 is 0 Å². The molecule has 2 aliphatic rings. The second-order valence-corrected chi connectivity index (χ2v) is 7.20. The average molecular weight is 375 g/mol. The molecule has 7 nitrogen and oxygen atoms in total. The topological polar surface area (TPSA) is 87.6 Å². The molecule has 3 heterocycles. The van der Waals surface area contributed by atoms with Crippen LogP contribution < -0.4 is 10.1 Å². The number of methoxy groups -OCH3 is 1. The van der Waals surface area contributed by atoms with Crippen molar-refractivity contribution in [2.75, 3.05) is 20.2 Å². The number of halogens is 1. The molecule has 8 heteroatoms. The Morgan fingerprint density at radius 1 is 1.42 bits per heavy atom. The molecule has 136 valence electrons. The molecular formula is C18H19ClN4O3. The second-order valence-electron chi connectivity index (χ2n) is 6.82. The summed E-state index contributed by atoms with van der Waals surface area (Å²) in [7, 11) is 1.55. The zero-order valence-corrected chi connectivity index (χ0v) is 15.1. The molecule has 1 aromatic heterocycles. The Bertz CT molecular complexity index is 868. The van der Waals surface area contributed by atoms with Crippen LogP contribution in [-0.4, -0.2) is 51.6 Å². The van der Waals surface area contributed by atoms with Gasteiger partial charge in [0, 0.05) is 31.6 Å². The minimum Gasteiger partial charge on any atom is -0.506 e. The van der Waals surface area contributed by atoms with Gasteiger partial charge in [-0.15, -0.1) is 0 Å². The van der Waals surface area contributed by atoms with Gasteiger partial charge in [0.1, 0.15) is 11.4 Å². The van der Waals surface area contributed by atoms with E-state index >= 15 is 0 Å². The van der Waals surface area contributed by atoms with E-state index in [1.54, 1.807) is 25.4 Å². The van der Waals surface area contributed by atoms with Crippen LogP contribution in [0.1, 0.15) is 18.5 Å². The Labute approximate surface area is 156 Å². The van der Waals surface area contributed by atoms with Gasteiger partial charge in [-0.3, -0.25) is 14.7 Å². The monoisotopic (exact) mass is 374 g/mol. The normalized spacial score (nSPS) is 18.6. The molecule has 0 bridgehead atoms. The molecule has 4 rings (SSSR count). The number of phenols is 1. The van der Waals surface area contributed by atoms with Gasteiger partial charge in [0.25, 0.3) is 0 Å². The molecule has 0 saturated carbocycles. The summed E-state index contributed by atoms with van der Waals surface area (Å²) in [5.41, 5.74) is 1.80. The van der Waals surface area contributed by atoms with Crippen molar-refractivity contribution in [3.8, 4) is 22.9 Å². The van der Waals surface area contributed by atoms with E-state index in [9.17, 15) is 9.90 Å². The lowest BCUT2D eigenvalue weighted by atomic mass is 9.88. The van der Waals surface area contributed by atoms with Crippen LogP contribution in [0.4, 0.5) is 0 Å². The van der Waals surface area contributed by atoms with Crippen molar-refractivity contribution in [2.24, 2.45) is 0 Å². The summed E-state index contributed by atoms with van der Waals surface area (Å²) in [5, 5.41) is 13.1. The van der Waals surface area contributed by atoms with Gasteiger partial charge < -0.3 is 15.2 Å². The summed E-state index contributed by atoms with van der Waals surface area (Å²) >= 11 is 6.16. The van der Waals surface area contributed by atoms with Gasteiger partial charge in [0.05, 0.1) is 29.6 Å². The van der Waals surface area contributed by atoms with Crippen LogP contribution in [-0.2, 0) is 11.3 Å². The molecule has 26 heavy (non-hydrogen) atoms. The molecule has 2 fully saturated rings. The van der Waals surface area contributed by atoms with Crippen molar-refractivity contribution in [2.45, 2.75) is 24.9 Å². The van der Waals surface area contributed by atoms with Crippen LogP contribution in [0.15, 0.2) is 24.4 Å². The summed E-state index contributed by atoms with van der Waals surface area (Å²) < 4.78 is 5.41. The summed E-state index contributed by atoms with van der Waals surface area (Å²) in [6.45, 7) is 2.22. The third-order valence-corrected chi connectivity index (χ3v) is 5.32. The number of phenolic OH excluding ortho intramolecular Hbond substituents is 1. The number of likely N-dealkylation sites (tertiary alicyclic amines) is 1. The van der Waals surface area contributed by atoms with Crippen molar-refractivity contribution in [1.29, 1.82) is 0 Å². The fourth-order valence-electron chi connectivity index (χ4n) is 3.66. The van der Waals surface area contributed by atoms with E-state index in [-0.39, 0.29) is 22.2 Å². The molecule has 1 spiro atoms. The fraction of sp³-hybridized carbons (Fsp3) is 0.389. The maximum absolute atomic E-state index is 11.4. The van der Waals surface area contributed by atoms with Gasteiger partial charge in [-0.05, 0) is 12.5 Å². The van der Waals surface area contributed by atoms with E-state index in [1.165, 1.54) is 6.07 Å². The Morgan fingerprint density at radius 2 is 2.23 bits per heavy atom. The van der Waals surface area contributed by atoms with Crippen LogP contribution in [0.25, 0.3) is 11.3 Å². The van der Waals surface area contributed by atoms with E-state index in [4.69, 9.17) is 16.3 Å². The Balaban J connectivity index is 1.51. The standard InChI is InChI=1S/C18H19ClN4O3/c1-26-17-13(8-23-9-18(10-23)6-5-15(25)22-18)20-7-12(21-17)11-3-2-4-14(24)16(11)19/h2-4,7,24H,5-6,8-10H2,1H3,(H,22,25). The third-order valence-electron chi connectivity index (χ3n) is 4.92. The van der Waals surface area contributed by atoms with Gasteiger partial charge in [-0.2, -0.15) is 0 Å². The highest BCUT2D eigenvalue weighted by Gasteiger charge is 2.47. The lowest BCUT2D eigenvalue weighted by Gasteiger charge is -2.47. The zero-order valence-electron chi connectivity index (χ0n) is 14.3. The molecule has 1 aromatic carbocycles. The first-order valence-electron chi connectivity index (χ1n) is 8.41. The molecule has 0 unspecified atom stereocenters. The Morgan fingerprint density at radius 3 is 2.92 bits per heavy atom. The molecular weight excluding hydrogens is 356 g/mol. The zero-order chi connectivity index (χ0) is 18.3. The van der Waals surface area contributed by atoms with Crippen LogP contribution in [0.2, 0.25) is 5.02 Å². The summed E-state index contributed by atoms with van der Waals surface area (Å²) in [6, 6.07) is 4.99. The Kier molecular flexibility index (Phi) is 4.20. The summed E-state index contributed by atoms with van der Waals surface area (Å²) in [6.07, 6.45) is 3.13. The summed E-state index contributed by atoms with van der Waals surface area (Å²) in [5.74, 6) is 0.561. The minimum atomic E-state index is -0.0627. The number of rotatable bonds is 4. The average Bonchev–Trinajstić information content (AvgIpc) is 2.99. The van der Waals surface area contributed by atoms with Gasteiger partial charge in [-0.1, -0.05) is 23.7 Å². The number of benzene rings is 1. The van der Waals surface area contributed by atoms with E-state index in [0.29, 0.717) is 30.1 Å². The van der Waals surface area contributed by atoms with Crippen molar-refractivity contribution in [1.82, 2.24) is 20.2 Å². The first kappa shape index (κ1) is 17.1. The number of hydrogen-bond acceptors (Lipinski definition) is 6. The molecule has 0 atom stereocenters. The molecule has 0 aliphatic carbocycles. The second kappa shape index (κ2) is 6.41. The first-order chi connectivity index (χ1) is 12.5. The molecule has 1 amide bonds. The van der Waals surface area contributed by atoms with Crippen molar-refractivity contribution < 1.29 is 14.6 Å². The molecule has 2 N–H and O–H groups in total. The lowest BCUT2D eigenvalue weighted by Crippen LogP contribution is -2.66. The maximum atomic E-state index is 11.4. The van der Waals surface area contributed by atoms with Crippen molar-refractivity contribution >= 4 is 17.5 Å². The van der Waals surface area contributed by atoms with E-state index in [0.717, 1.165) is 25.2 Å². The molecule has 2 saturated heterocycles. The van der Waals surface area contributed by atoms with Crippen LogP contribution in [0.5, 0.6) is 11.6 Å². The number of nitrogens with zero attached hydrogens (tertiary/aromatic N) is 3. The van der Waals surface area contributed by atoms with Crippen LogP contribution >= 0.6 is 11.6 Å². The van der Waals surface area contributed by atoms with E-state index in [1.807, 2.05) is 0 Å². The predicted octanol–water partition coefficient (Wildman–Crippen LogP) is 1.98. The van der Waals surface area contributed by atoms with Crippen LogP contribution in [0, 0.1) is 0 Å². The lowest BCUT2D eigenvalue weighted by molar-refractivity contribution is -0.120.